The first-order valence-corrected chi connectivity index (χ1v) is 5.07. The number of aromatic nitrogens is 1. The molecule has 0 aliphatic heterocycles. The molecule has 1 amide bonds. The summed E-state index contributed by atoms with van der Waals surface area (Å²) in [6.07, 6.45) is 2.48. The summed E-state index contributed by atoms with van der Waals surface area (Å²) in [6, 6.07) is 13.8. The van der Waals surface area contributed by atoms with Crippen molar-refractivity contribution in [3.8, 4) is 11.3 Å². The number of nitrogens with one attached hydrogen (secondary N) is 1. The Kier molecular flexibility index (Phi) is 3.28. The summed E-state index contributed by atoms with van der Waals surface area (Å²) >= 11 is 0. The third kappa shape index (κ3) is 2.45. The van der Waals surface area contributed by atoms with Gasteiger partial charge < -0.3 is 5.32 Å². The molecular weight excluding hydrogens is 200 g/mol. The first kappa shape index (κ1) is 10.4. The van der Waals surface area contributed by atoms with E-state index in [9.17, 15) is 4.79 Å². The SMILES string of the molecule is O=CNCc1ccc(-c2ccccn2)cc1. The van der Waals surface area contributed by atoms with Gasteiger partial charge in [-0.05, 0) is 17.7 Å². The van der Waals surface area contributed by atoms with Crippen LogP contribution >= 0.6 is 0 Å². The molecule has 0 unspecified atom stereocenters. The van der Waals surface area contributed by atoms with Crippen molar-refractivity contribution in [3.63, 3.8) is 0 Å². The minimum absolute atomic E-state index is 0.562. The first-order valence-electron chi connectivity index (χ1n) is 5.07. The Morgan fingerprint density at radius 3 is 2.56 bits per heavy atom. The standard InChI is InChI=1S/C13H12N2O/c16-10-14-9-11-4-6-12(7-5-11)13-3-1-2-8-15-13/h1-8,10H,9H2,(H,14,16). The maximum atomic E-state index is 10.1. The summed E-state index contributed by atoms with van der Waals surface area (Å²) in [5.74, 6) is 0. The lowest BCUT2D eigenvalue weighted by Crippen LogP contribution is -2.09. The monoisotopic (exact) mass is 212 g/mol. The molecule has 16 heavy (non-hydrogen) atoms. The fourth-order valence-corrected chi connectivity index (χ4v) is 1.49. The number of benzene rings is 1. The molecule has 1 heterocycles. The number of carbonyl (C=O) groups excluding carboxylic acids is 1. The second-order valence-electron chi connectivity index (χ2n) is 3.41. The molecule has 0 aliphatic rings. The Morgan fingerprint density at radius 1 is 1.12 bits per heavy atom. The van der Waals surface area contributed by atoms with Gasteiger partial charge in [0.15, 0.2) is 0 Å². The van der Waals surface area contributed by atoms with Gasteiger partial charge in [0.1, 0.15) is 0 Å². The molecule has 0 aliphatic carbocycles. The second kappa shape index (κ2) is 5.07. The van der Waals surface area contributed by atoms with Gasteiger partial charge in [-0.15, -0.1) is 0 Å². The zero-order valence-corrected chi connectivity index (χ0v) is 8.76. The molecule has 3 nitrogen and oxygen atoms in total. The van der Waals surface area contributed by atoms with Crippen LogP contribution in [0.5, 0.6) is 0 Å². The lowest BCUT2D eigenvalue weighted by atomic mass is 10.1. The number of nitrogens with zero attached hydrogens (tertiary/aromatic N) is 1. The van der Waals surface area contributed by atoms with E-state index < -0.39 is 0 Å². The molecule has 0 radical (unpaired) electrons. The fourth-order valence-electron chi connectivity index (χ4n) is 1.49. The zero-order valence-electron chi connectivity index (χ0n) is 8.76. The molecule has 0 atom stereocenters. The van der Waals surface area contributed by atoms with Crippen molar-refractivity contribution >= 4 is 6.41 Å². The van der Waals surface area contributed by atoms with E-state index in [1.807, 2.05) is 42.5 Å². The maximum absolute atomic E-state index is 10.1. The van der Waals surface area contributed by atoms with Gasteiger partial charge in [0, 0.05) is 18.3 Å². The number of amides is 1. The molecule has 1 aromatic heterocycles. The van der Waals surface area contributed by atoms with E-state index in [4.69, 9.17) is 0 Å². The van der Waals surface area contributed by atoms with Crippen molar-refractivity contribution in [3.05, 3.63) is 54.2 Å². The minimum Gasteiger partial charge on any atom is -0.355 e. The number of hydrogen-bond donors (Lipinski definition) is 1. The van der Waals surface area contributed by atoms with Crippen LogP contribution in [0.1, 0.15) is 5.56 Å². The largest absolute Gasteiger partial charge is 0.355 e. The molecule has 0 saturated heterocycles. The highest BCUT2D eigenvalue weighted by molar-refractivity contribution is 5.59. The van der Waals surface area contributed by atoms with Crippen LogP contribution in [0.15, 0.2) is 48.7 Å². The smallest absolute Gasteiger partial charge is 0.207 e. The Morgan fingerprint density at radius 2 is 1.94 bits per heavy atom. The van der Waals surface area contributed by atoms with E-state index in [-0.39, 0.29) is 0 Å². The van der Waals surface area contributed by atoms with Gasteiger partial charge in [0.2, 0.25) is 6.41 Å². The van der Waals surface area contributed by atoms with Crippen LogP contribution in [0.2, 0.25) is 0 Å². The van der Waals surface area contributed by atoms with Crippen LogP contribution in [-0.4, -0.2) is 11.4 Å². The highest BCUT2D eigenvalue weighted by Crippen LogP contribution is 2.16. The zero-order chi connectivity index (χ0) is 11.2. The van der Waals surface area contributed by atoms with E-state index in [2.05, 4.69) is 10.3 Å². The Labute approximate surface area is 94.1 Å². The molecule has 1 N–H and O–H groups in total. The van der Waals surface area contributed by atoms with E-state index in [0.717, 1.165) is 16.8 Å². The highest BCUT2D eigenvalue weighted by Gasteiger charge is 1.97. The third-order valence-corrected chi connectivity index (χ3v) is 2.30. The maximum Gasteiger partial charge on any atom is 0.207 e. The van der Waals surface area contributed by atoms with Crippen LogP contribution in [0, 0.1) is 0 Å². The average Bonchev–Trinajstić information content (AvgIpc) is 2.38. The summed E-state index contributed by atoms with van der Waals surface area (Å²) < 4.78 is 0. The molecule has 80 valence electrons. The van der Waals surface area contributed by atoms with Gasteiger partial charge in [-0.1, -0.05) is 30.3 Å². The molecule has 0 bridgehead atoms. The van der Waals surface area contributed by atoms with Crippen molar-refractivity contribution in [2.75, 3.05) is 0 Å². The molecule has 0 fully saturated rings. The molecule has 0 saturated carbocycles. The van der Waals surface area contributed by atoms with Gasteiger partial charge in [-0.3, -0.25) is 9.78 Å². The molecule has 2 aromatic rings. The summed E-state index contributed by atoms with van der Waals surface area (Å²) in [5, 5.41) is 2.63. The number of rotatable bonds is 4. The van der Waals surface area contributed by atoms with E-state index in [1.54, 1.807) is 6.20 Å². The number of carbonyl (C=O) groups is 1. The summed E-state index contributed by atoms with van der Waals surface area (Å²) in [4.78, 5) is 14.4. The predicted octanol–water partition coefficient (Wildman–Crippen LogP) is 1.99. The molecule has 2 rings (SSSR count). The number of pyridine rings is 1. The van der Waals surface area contributed by atoms with Crippen LogP contribution in [0.4, 0.5) is 0 Å². The lowest BCUT2D eigenvalue weighted by molar-refractivity contribution is -0.109. The molecular formula is C13H12N2O. The van der Waals surface area contributed by atoms with Gasteiger partial charge in [-0.25, -0.2) is 0 Å². The Hall–Kier alpha value is -2.16. The topological polar surface area (TPSA) is 42.0 Å². The van der Waals surface area contributed by atoms with Gasteiger partial charge in [-0.2, -0.15) is 0 Å². The number of hydrogen-bond acceptors (Lipinski definition) is 2. The van der Waals surface area contributed by atoms with E-state index in [0.29, 0.717) is 13.0 Å². The van der Waals surface area contributed by atoms with Crippen LogP contribution < -0.4 is 5.32 Å². The Balaban J connectivity index is 2.16. The second-order valence-corrected chi connectivity index (χ2v) is 3.41. The van der Waals surface area contributed by atoms with E-state index in [1.165, 1.54) is 0 Å². The van der Waals surface area contributed by atoms with Gasteiger partial charge in [0.05, 0.1) is 5.69 Å². The van der Waals surface area contributed by atoms with Gasteiger partial charge in [0.25, 0.3) is 0 Å². The molecule has 1 aromatic carbocycles. The third-order valence-electron chi connectivity index (χ3n) is 2.30. The van der Waals surface area contributed by atoms with Crippen molar-refractivity contribution < 1.29 is 4.79 Å². The average molecular weight is 212 g/mol. The molecule has 3 heteroatoms. The van der Waals surface area contributed by atoms with Crippen molar-refractivity contribution in [2.45, 2.75) is 6.54 Å². The van der Waals surface area contributed by atoms with Crippen LogP contribution in [0.3, 0.4) is 0 Å². The van der Waals surface area contributed by atoms with Gasteiger partial charge >= 0.3 is 0 Å². The van der Waals surface area contributed by atoms with Crippen molar-refractivity contribution in [1.82, 2.24) is 10.3 Å². The normalized spacial score (nSPS) is 9.75. The lowest BCUT2D eigenvalue weighted by Gasteiger charge is -2.03. The van der Waals surface area contributed by atoms with Crippen molar-refractivity contribution in [1.29, 1.82) is 0 Å². The van der Waals surface area contributed by atoms with Crippen molar-refractivity contribution in [2.24, 2.45) is 0 Å². The van der Waals surface area contributed by atoms with E-state index >= 15 is 0 Å². The quantitative estimate of drug-likeness (QED) is 0.787. The van der Waals surface area contributed by atoms with Crippen LogP contribution in [-0.2, 0) is 11.3 Å². The summed E-state index contributed by atoms with van der Waals surface area (Å²) in [7, 11) is 0. The Bertz CT molecular complexity index is 451. The first-order chi connectivity index (χ1) is 7.90. The fraction of sp³-hybridized carbons (Fsp3) is 0.0769. The summed E-state index contributed by atoms with van der Waals surface area (Å²) in [5.41, 5.74) is 3.11. The minimum atomic E-state index is 0.562. The van der Waals surface area contributed by atoms with Crippen LogP contribution in [0.25, 0.3) is 11.3 Å². The summed E-state index contributed by atoms with van der Waals surface area (Å²) in [6.45, 7) is 0.562. The predicted molar refractivity (Wildman–Crippen MR) is 62.6 cm³/mol. The highest BCUT2D eigenvalue weighted by atomic mass is 16.1. The molecule has 0 spiro atoms.